The number of nitrogens with zero attached hydrogens (tertiary/aromatic N) is 2. The minimum atomic E-state index is -0.770. The molecule has 2 aromatic carbocycles. The van der Waals surface area contributed by atoms with Crippen LogP contribution in [0.3, 0.4) is 0 Å². The van der Waals surface area contributed by atoms with Gasteiger partial charge in [-0.3, -0.25) is 19.7 Å². The number of Topliss-reactive ketones (excluding diaryl/α,β-unsaturated/α-hetero) is 1. The largest absolute Gasteiger partial charge is 0.300 e. The van der Waals surface area contributed by atoms with Crippen molar-refractivity contribution in [2.45, 2.75) is 6.54 Å². The molecule has 0 unspecified atom stereocenters. The molecule has 0 fully saturated rings. The first kappa shape index (κ1) is 15.5. The number of non-ortho nitro benzene ring substituents is 1. The van der Waals surface area contributed by atoms with Gasteiger partial charge in [-0.2, -0.15) is 0 Å². The second kappa shape index (κ2) is 5.64. The number of carbonyl (C=O) groups is 2. The Morgan fingerprint density at radius 3 is 2.48 bits per heavy atom. The zero-order chi connectivity index (χ0) is 16.7. The van der Waals surface area contributed by atoms with Gasteiger partial charge < -0.3 is 4.90 Å². The second-order valence-corrected chi connectivity index (χ2v) is 5.76. The monoisotopic (exact) mass is 350 g/mol. The number of ketones is 1. The van der Waals surface area contributed by atoms with E-state index in [0.29, 0.717) is 21.3 Å². The quantitative estimate of drug-likeness (QED) is 0.480. The Morgan fingerprint density at radius 1 is 1.09 bits per heavy atom. The van der Waals surface area contributed by atoms with Crippen LogP contribution in [0, 0.1) is 10.1 Å². The van der Waals surface area contributed by atoms with E-state index in [9.17, 15) is 19.7 Å². The Balaban J connectivity index is 2.01. The summed E-state index contributed by atoms with van der Waals surface area (Å²) in [5, 5.41) is 11.6. The van der Waals surface area contributed by atoms with Crippen LogP contribution in [0.5, 0.6) is 0 Å². The van der Waals surface area contributed by atoms with E-state index < -0.39 is 16.6 Å². The van der Waals surface area contributed by atoms with Gasteiger partial charge in [0, 0.05) is 22.2 Å². The molecule has 1 amide bonds. The van der Waals surface area contributed by atoms with Crippen LogP contribution in [0.2, 0.25) is 10.0 Å². The van der Waals surface area contributed by atoms with Crippen molar-refractivity contribution < 1.29 is 14.5 Å². The van der Waals surface area contributed by atoms with Gasteiger partial charge in [0.2, 0.25) is 0 Å². The van der Waals surface area contributed by atoms with Crippen LogP contribution in [-0.4, -0.2) is 16.6 Å². The molecule has 0 saturated carbocycles. The molecule has 0 radical (unpaired) electrons. The van der Waals surface area contributed by atoms with Crippen molar-refractivity contribution in [2.75, 3.05) is 4.90 Å². The van der Waals surface area contributed by atoms with Crippen molar-refractivity contribution >= 4 is 46.3 Å². The van der Waals surface area contributed by atoms with Gasteiger partial charge in [-0.25, -0.2) is 0 Å². The highest BCUT2D eigenvalue weighted by Gasteiger charge is 2.37. The average Bonchev–Trinajstić information content (AvgIpc) is 2.74. The number of rotatable bonds is 3. The van der Waals surface area contributed by atoms with Crippen LogP contribution in [0.1, 0.15) is 15.9 Å². The standard InChI is InChI=1S/C15H8Cl2N2O4/c16-9-2-1-8(12(17)5-9)7-18-13-4-3-10(19(22)23)6-11(13)14(20)15(18)21/h1-6H,7H2. The summed E-state index contributed by atoms with van der Waals surface area (Å²) in [5.41, 5.74) is 0.727. The molecule has 0 aliphatic carbocycles. The highest BCUT2D eigenvalue weighted by atomic mass is 35.5. The maximum Gasteiger partial charge on any atom is 0.299 e. The summed E-state index contributed by atoms with van der Waals surface area (Å²) < 4.78 is 0. The third-order valence-electron chi connectivity index (χ3n) is 3.51. The molecule has 1 aliphatic heterocycles. The fraction of sp³-hybridized carbons (Fsp3) is 0.0667. The Morgan fingerprint density at radius 2 is 1.83 bits per heavy atom. The van der Waals surface area contributed by atoms with Crippen LogP contribution in [-0.2, 0) is 11.3 Å². The molecule has 1 aliphatic rings. The predicted molar refractivity (Wildman–Crippen MR) is 85.1 cm³/mol. The lowest BCUT2D eigenvalue weighted by Gasteiger charge is -2.17. The predicted octanol–water partition coefficient (Wildman–Crippen LogP) is 3.63. The van der Waals surface area contributed by atoms with E-state index in [4.69, 9.17) is 23.2 Å². The zero-order valence-corrected chi connectivity index (χ0v) is 13.0. The van der Waals surface area contributed by atoms with Gasteiger partial charge in [-0.1, -0.05) is 29.3 Å². The molecule has 0 aromatic heterocycles. The summed E-state index contributed by atoms with van der Waals surface area (Å²) in [6.45, 7) is 0.0748. The number of carbonyl (C=O) groups excluding carboxylic acids is 2. The van der Waals surface area contributed by atoms with E-state index in [2.05, 4.69) is 0 Å². The zero-order valence-electron chi connectivity index (χ0n) is 11.5. The van der Waals surface area contributed by atoms with Crippen LogP contribution < -0.4 is 4.90 Å². The second-order valence-electron chi connectivity index (χ2n) is 4.91. The average molecular weight is 351 g/mol. The first-order chi connectivity index (χ1) is 10.9. The van der Waals surface area contributed by atoms with Gasteiger partial charge in [-0.05, 0) is 23.8 Å². The molecule has 0 bridgehead atoms. The maximum atomic E-state index is 12.2. The molecule has 8 heteroatoms. The number of nitro benzene ring substituents is 1. The Bertz CT molecular complexity index is 867. The molecule has 116 valence electrons. The molecule has 23 heavy (non-hydrogen) atoms. The molecule has 0 saturated heterocycles. The molecule has 2 aromatic rings. The number of benzene rings is 2. The first-order valence-electron chi connectivity index (χ1n) is 6.47. The van der Waals surface area contributed by atoms with Crippen molar-refractivity contribution in [3.8, 4) is 0 Å². The molecule has 0 spiro atoms. The first-order valence-corrected chi connectivity index (χ1v) is 7.22. The van der Waals surface area contributed by atoms with E-state index in [0.717, 1.165) is 6.07 Å². The molecule has 6 nitrogen and oxygen atoms in total. The smallest absolute Gasteiger partial charge is 0.299 e. The van der Waals surface area contributed by atoms with Crippen molar-refractivity contribution in [1.29, 1.82) is 0 Å². The fourth-order valence-electron chi connectivity index (χ4n) is 2.38. The van der Waals surface area contributed by atoms with Gasteiger partial charge in [0.15, 0.2) is 0 Å². The maximum absolute atomic E-state index is 12.2. The lowest BCUT2D eigenvalue weighted by atomic mass is 10.1. The summed E-state index contributed by atoms with van der Waals surface area (Å²) in [6, 6.07) is 8.57. The number of hydrogen-bond donors (Lipinski definition) is 0. The topological polar surface area (TPSA) is 80.5 Å². The molecular formula is C15H8Cl2N2O4. The summed E-state index contributed by atoms with van der Waals surface area (Å²) in [6.07, 6.45) is 0. The highest BCUT2D eigenvalue weighted by molar-refractivity contribution is 6.52. The summed E-state index contributed by atoms with van der Waals surface area (Å²) in [7, 11) is 0. The van der Waals surface area contributed by atoms with Crippen LogP contribution in [0.15, 0.2) is 36.4 Å². The minimum absolute atomic E-state index is 0.0225. The van der Waals surface area contributed by atoms with Crippen LogP contribution in [0.4, 0.5) is 11.4 Å². The minimum Gasteiger partial charge on any atom is -0.300 e. The number of nitro groups is 1. The summed E-state index contributed by atoms with van der Waals surface area (Å²) in [5.74, 6) is -1.51. The highest BCUT2D eigenvalue weighted by Crippen LogP contribution is 2.34. The van der Waals surface area contributed by atoms with Gasteiger partial charge in [0.05, 0.1) is 22.7 Å². The number of anilines is 1. The van der Waals surface area contributed by atoms with E-state index in [1.807, 2.05) is 0 Å². The van der Waals surface area contributed by atoms with E-state index in [1.165, 1.54) is 23.1 Å². The Kier molecular flexibility index (Phi) is 3.79. The summed E-state index contributed by atoms with van der Waals surface area (Å²) in [4.78, 5) is 35.6. The van der Waals surface area contributed by atoms with E-state index in [-0.39, 0.29) is 17.8 Å². The molecule has 1 heterocycles. The van der Waals surface area contributed by atoms with Crippen molar-refractivity contribution in [3.63, 3.8) is 0 Å². The van der Waals surface area contributed by atoms with Crippen molar-refractivity contribution in [3.05, 3.63) is 67.7 Å². The van der Waals surface area contributed by atoms with E-state index in [1.54, 1.807) is 12.1 Å². The molecular weight excluding hydrogens is 343 g/mol. The number of fused-ring (bicyclic) bond motifs is 1. The Labute approximate surface area is 140 Å². The van der Waals surface area contributed by atoms with E-state index >= 15 is 0 Å². The lowest BCUT2D eigenvalue weighted by molar-refractivity contribution is -0.384. The SMILES string of the molecule is O=C1C(=O)N(Cc2ccc(Cl)cc2Cl)c2ccc([N+](=O)[O-])cc21. The van der Waals surface area contributed by atoms with Crippen molar-refractivity contribution in [2.24, 2.45) is 0 Å². The van der Waals surface area contributed by atoms with Gasteiger partial charge in [0.1, 0.15) is 0 Å². The van der Waals surface area contributed by atoms with Gasteiger partial charge in [-0.15, -0.1) is 0 Å². The summed E-state index contributed by atoms with van der Waals surface area (Å²) >= 11 is 11.9. The third-order valence-corrected chi connectivity index (χ3v) is 4.10. The normalized spacial score (nSPS) is 13.4. The fourth-order valence-corrected chi connectivity index (χ4v) is 2.85. The molecule has 0 atom stereocenters. The Hall–Kier alpha value is -2.44. The number of hydrogen-bond acceptors (Lipinski definition) is 4. The van der Waals surface area contributed by atoms with Gasteiger partial charge in [0.25, 0.3) is 17.4 Å². The van der Waals surface area contributed by atoms with Gasteiger partial charge >= 0.3 is 0 Å². The number of halogens is 2. The number of amides is 1. The molecule has 3 rings (SSSR count). The van der Waals surface area contributed by atoms with Crippen molar-refractivity contribution in [1.82, 2.24) is 0 Å². The molecule has 0 N–H and O–H groups in total. The van der Waals surface area contributed by atoms with Crippen LogP contribution in [0.25, 0.3) is 0 Å². The van der Waals surface area contributed by atoms with Crippen LogP contribution >= 0.6 is 23.2 Å². The lowest BCUT2D eigenvalue weighted by Crippen LogP contribution is -2.29. The third kappa shape index (κ3) is 2.67.